The molecule has 0 amide bonds. The molecule has 2 aromatic heterocycles. The van der Waals surface area contributed by atoms with Crippen molar-refractivity contribution < 1.29 is 0 Å². The smallest absolute Gasteiger partial charge is 0.137 e. The summed E-state index contributed by atoms with van der Waals surface area (Å²) >= 11 is 0. The molecule has 1 aliphatic rings. The van der Waals surface area contributed by atoms with E-state index in [2.05, 4.69) is 44.2 Å². The van der Waals surface area contributed by atoms with E-state index in [9.17, 15) is 0 Å². The van der Waals surface area contributed by atoms with Crippen molar-refractivity contribution in [3.8, 4) is 0 Å². The third-order valence-electron chi connectivity index (χ3n) is 4.49. The van der Waals surface area contributed by atoms with E-state index in [0.29, 0.717) is 5.92 Å². The zero-order valence-electron chi connectivity index (χ0n) is 12.5. The summed E-state index contributed by atoms with van der Waals surface area (Å²) in [4.78, 5) is 11.0. The molecule has 1 saturated heterocycles. The Hall–Kier alpha value is -2.43. The third kappa shape index (κ3) is 2.54. The Bertz CT molecular complexity index is 739. The van der Waals surface area contributed by atoms with Crippen molar-refractivity contribution in [2.75, 3.05) is 18.0 Å². The minimum atomic E-state index is 0.686. The van der Waals surface area contributed by atoms with Gasteiger partial charge in [-0.3, -0.25) is 9.67 Å². The van der Waals surface area contributed by atoms with Crippen LogP contribution in [0.15, 0.2) is 49.2 Å². The van der Waals surface area contributed by atoms with Gasteiger partial charge in [-0.25, -0.2) is 4.98 Å². The number of fused-ring (bicyclic) bond motifs is 1. The number of nitrogens with zero attached hydrogens (tertiary/aromatic N) is 5. The van der Waals surface area contributed by atoms with Gasteiger partial charge in [0, 0.05) is 36.9 Å². The second kappa shape index (κ2) is 5.75. The van der Waals surface area contributed by atoms with E-state index in [1.165, 1.54) is 23.9 Å². The van der Waals surface area contributed by atoms with Crippen molar-refractivity contribution in [2.45, 2.75) is 19.4 Å². The fourth-order valence-corrected chi connectivity index (χ4v) is 3.30. The van der Waals surface area contributed by atoms with E-state index in [1.54, 1.807) is 6.33 Å². The minimum absolute atomic E-state index is 0.686. The van der Waals surface area contributed by atoms with Crippen LogP contribution in [0.1, 0.15) is 12.8 Å². The second-order valence-electron chi connectivity index (χ2n) is 5.90. The summed E-state index contributed by atoms with van der Waals surface area (Å²) in [5.74, 6) is 0.686. The van der Waals surface area contributed by atoms with Gasteiger partial charge in [-0.2, -0.15) is 5.10 Å². The Balaban J connectivity index is 1.49. The van der Waals surface area contributed by atoms with Crippen molar-refractivity contribution in [3.63, 3.8) is 0 Å². The van der Waals surface area contributed by atoms with Crippen LogP contribution in [-0.2, 0) is 6.54 Å². The molecule has 0 aliphatic carbocycles. The number of hydrogen-bond donors (Lipinski definition) is 0. The van der Waals surface area contributed by atoms with Crippen molar-refractivity contribution >= 4 is 16.6 Å². The molecule has 0 unspecified atom stereocenters. The number of piperidine rings is 1. The summed E-state index contributed by atoms with van der Waals surface area (Å²) < 4.78 is 1.95. The SMILES string of the molecule is c1ccc2c(N3CCC(Cn4cncn4)CC3)ccnc2c1. The first-order valence-corrected chi connectivity index (χ1v) is 7.81. The molecule has 4 rings (SSSR count). The van der Waals surface area contributed by atoms with E-state index in [4.69, 9.17) is 0 Å². The zero-order chi connectivity index (χ0) is 14.8. The number of hydrogen-bond acceptors (Lipinski definition) is 4. The molecule has 5 nitrogen and oxygen atoms in total. The van der Waals surface area contributed by atoms with Crippen molar-refractivity contribution in [1.29, 1.82) is 0 Å². The Kier molecular flexibility index (Phi) is 3.46. The lowest BCUT2D eigenvalue weighted by molar-refractivity contribution is 0.342. The van der Waals surface area contributed by atoms with Gasteiger partial charge in [0.1, 0.15) is 12.7 Å². The molecule has 1 fully saturated rings. The largest absolute Gasteiger partial charge is 0.371 e. The Morgan fingerprint density at radius 2 is 1.95 bits per heavy atom. The monoisotopic (exact) mass is 293 g/mol. The molecule has 1 aliphatic heterocycles. The number of anilines is 1. The highest BCUT2D eigenvalue weighted by Gasteiger charge is 2.21. The average Bonchev–Trinajstić information content (AvgIpc) is 3.08. The molecule has 5 heteroatoms. The Morgan fingerprint density at radius 1 is 1.09 bits per heavy atom. The maximum atomic E-state index is 4.46. The molecular weight excluding hydrogens is 274 g/mol. The van der Waals surface area contributed by atoms with Crippen molar-refractivity contribution in [3.05, 3.63) is 49.2 Å². The summed E-state index contributed by atoms with van der Waals surface area (Å²) in [6, 6.07) is 10.5. The summed E-state index contributed by atoms with van der Waals surface area (Å²) in [5, 5.41) is 5.46. The van der Waals surface area contributed by atoms with Crippen LogP contribution in [0.2, 0.25) is 0 Å². The highest BCUT2D eigenvalue weighted by molar-refractivity contribution is 5.91. The van der Waals surface area contributed by atoms with Crippen LogP contribution in [0.5, 0.6) is 0 Å². The van der Waals surface area contributed by atoms with Gasteiger partial charge in [0.25, 0.3) is 0 Å². The highest BCUT2D eigenvalue weighted by Crippen LogP contribution is 2.29. The molecule has 112 valence electrons. The molecule has 3 heterocycles. The van der Waals surface area contributed by atoms with Crippen LogP contribution in [0.3, 0.4) is 0 Å². The summed E-state index contributed by atoms with van der Waals surface area (Å²) in [6.45, 7) is 3.16. The molecular formula is C17H19N5. The van der Waals surface area contributed by atoms with Crippen LogP contribution in [-0.4, -0.2) is 32.8 Å². The van der Waals surface area contributed by atoms with Crippen molar-refractivity contribution in [1.82, 2.24) is 19.7 Å². The fraction of sp³-hybridized carbons (Fsp3) is 0.353. The van der Waals surface area contributed by atoms with Crippen LogP contribution in [0, 0.1) is 5.92 Å². The van der Waals surface area contributed by atoms with Crippen LogP contribution in [0.25, 0.3) is 10.9 Å². The van der Waals surface area contributed by atoms with E-state index >= 15 is 0 Å². The standard InChI is InChI=1S/C17H19N5/c1-2-4-16-15(3-1)17(5-8-19-16)21-9-6-14(7-10-21)11-22-13-18-12-20-22/h1-5,8,12-14H,6-7,9-11H2. The van der Waals surface area contributed by atoms with Gasteiger partial charge in [0.15, 0.2) is 0 Å². The van der Waals surface area contributed by atoms with E-state index in [1.807, 2.05) is 23.3 Å². The predicted molar refractivity (Wildman–Crippen MR) is 86.7 cm³/mol. The van der Waals surface area contributed by atoms with E-state index in [-0.39, 0.29) is 0 Å². The number of pyridine rings is 1. The first kappa shape index (κ1) is 13.2. The molecule has 0 N–H and O–H groups in total. The molecule has 0 radical (unpaired) electrons. The van der Waals surface area contributed by atoms with Crippen LogP contribution < -0.4 is 4.90 Å². The Morgan fingerprint density at radius 3 is 2.77 bits per heavy atom. The average molecular weight is 293 g/mol. The lowest BCUT2D eigenvalue weighted by Crippen LogP contribution is -2.35. The van der Waals surface area contributed by atoms with Crippen LogP contribution in [0.4, 0.5) is 5.69 Å². The topological polar surface area (TPSA) is 46.8 Å². The van der Waals surface area contributed by atoms with Gasteiger partial charge in [0.2, 0.25) is 0 Å². The fourth-order valence-electron chi connectivity index (χ4n) is 3.30. The Labute approximate surface area is 129 Å². The molecule has 0 saturated carbocycles. The van der Waals surface area contributed by atoms with Gasteiger partial charge in [-0.05, 0) is 30.9 Å². The lowest BCUT2D eigenvalue weighted by atomic mass is 9.96. The summed E-state index contributed by atoms with van der Waals surface area (Å²) in [7, 11) is 0. The van der Waals surface area contributed by atoms with Gasteiger partial charge >= 0.3 is 0 Å². The normalized spacial score (nSPS) is 16.3. The summed E-state index contributed by atoms with van der Waals surface area (Å²) in [6.07, 6.45) is 7.72. The minimum Gasteiger partial charge on any atom is -0.371 e. The quantitative estimate of drug-likeness (QED) is 0.745. The predicted octanol–water partition coefficient (Wildman–Crippen LogP) is 2.74. The molecule has 1 aromatic carbocycles. The van der Waals surface area contributed by atoms with E-state index in [0.717, 1.165) is 25.2 Å². The molecule has 3 aromatic rings. The van der Waals surface area contributed by atoms with Gasteiger partial charge < -0.3 is 4.90 Å². The lowest BCUT2D eigenvalue weighted by Gasteiger charge is -2.34. The molecule has 0 bridgehead atoms. The first-order chi connectivity index (χ1) is 10.9. The third-order valence-corrected chi connectivity index (χ3v) is 4.49. The second-order valence-corrected chi connectivity index (χ2v) is 5.90. The molecule has 0 spiro atoms. The number of aromatic nitrogens is 4. The number of rotatable bonds is 3. The van der Waals surface area contributed by atoms with Crippen LogP contribution >= 0.6 is 0 Å². The number of para-hydroxylation sites is 1. The van der Waals surface area contributed by atoms with E-state index < -0.39 is 0 Å². The maximum absolute atomic E-state index is 4.46. The zero-order valence-corrected chi connectivity index (χ0v) is 12.5. The van der Waals surface area contributed by atoms with Gasteiger partial charge in [0.05, 0.1) is 5.52 Å². The molecule has 0 atom stereocenters. The van der Waals surface area contributed by atoms with Gasteiger partial charge in [-0.15, -0.1) is 0 Å². The number of benzene rings is 1. The van der Waals surface area contributed by atoms with Crippen molar-refractivity contribution in [2.24, 2.45) is 5.92 Å². The maximum Gasteiger partial charge on any atom is 0.137 e. The highest BCUT2D eigenvalue weighted by atomic mass is 15.3. The first-order valence-electron chi connectivity index (χ1n) is 7.81. The molecule has 22 heavy (non-hydrogen) atoms. The summed E-state index contributed by atoms with van der Waals surface area (Å²) in [5.41, 5.74) is 2.38. The van der Waals surface area contributed by atoms with Gasteiger partial charge in [-0.1, -0.05) is 18.2 Å².